The molecule has 0 heterocycles. The van der Waals surface area contributed by atoms with Gasteiger partial charge in [-0.3, -0.25) is 14.9 Å². The van der Waals surface area contributed by atoms with Gasteiger partial charge in [-0.1, -0.05) is 11.6 Å². The van der Waals surface area contributed by atoms with Gasteiger partial charge in [0.15, 0.2) is 0 Å². The first-order valence-electron chi connectivity index (χ1n) is 6.05. The maximum Gasteiger partial charge on any atom is 0.294 e. The number of benzene rings is 1. The lowest BCUT2D eigenvalue weighted by atomic mass is 10.1. The van der Waals surface area contributed by atoms with Crippen LogP contribution in [0.15, 0.2) is 12.1 Å². The van der Waals surface area contributed by atoms with Crippen LogP contribution in [0.4, 0.5) is 11.4 Å². The van der Waals surface area contributed by atoms with E-state index in [0.29, 0.717) is 6.54 Å². The lowest BCUT2D eigenvalue weighted by Crippen LogP contribution is -2.25. The van der Waals surface area contributed by atoms with Gasteiger partial charge in [0.05, 0.1) is 9.95 Å². The second-order valence-corrected chi connectivity index (χ2v) is 4.79. The summed E-state index contributed by atoms with van der Waals surface area (Å²) < 4.78 is 0. The molecule has 1 aromatic rings. The monoisotopic (exact) mass is 283 g/mol. The molecule has 2 rings (SSSR count). The normalized spacial score (nSPS) is 14.0. The van der Waals surface area contributed by atoms with Crippen molar-refractivity contribution in [3.63, 3.8) is 0 Å². The van der Waals surface area contributed by atoms with Gasteiger partial charge in [-0.25, -0.2) is 0 Å². The highest BCUT2D eigenvalue weighted by molar-refractivity contribution is 6.34. The van der Waals surface area contributed by atoms with Crippen molar-refractivity contribution in [2.24, 2.45) is 0 Å². The van der Waals surface area contributed by atoms with Gasteiger partial charge in [-0.2, -0.15) is 0 Å². The Morgan fingerprint density at radius 1 is 1.53 bits per heavy atom. The molecule has 1 aliphatic rings. The number of nitro groups is 1. The molecule has 1 saturated carbocycles. The topological polar surface area (TPSA) is 84.3 Å². The number of hydrogen-bond acceptors (Lipinski definition) is 4. The number of carbonyl (C=O) groups is 1. The van der Waals surface area contributed by atoms with Crippen molar-refractivity contribution in [3.8, 4) is 0 Å². The number of hydrogen-bond donors (Lipinski definition) is 2. The largest absolute Gasteiger partial charge is 0.379 e. The fourth-order valence-corrected chi connectivity index (χ4v) is 2.00. The van der Waals surface area contributed by atoms with E-state index < -0.39 is 4.92 Å². The Kier molecular flexibility index (Phi) is 3.90. The number of nitrogens with one attached hydrogen (secondary N) is 2. The van der Waals surface area contributed by atoms with Crippen LogP contribution < -0.4 is 10.6 Å². The lowest BCUT2D eigenvalue weighted by molar-refractivity contribution is -0.384. The van der Waals surface area contributed by atoms with Crippen LogP contribution in [0.3, 0.4) is 0 Å². The summed E-state index contributed by atoms with van der Waals surface area (Å²) in [5, 5.41) is 16.8. The van der Waals surface area contributed by atoms with Crippen LogP contribution in [0.1, 0.15) is 30.1 Å². The van der Waals surface area contributed by atoms with Crippen LogP contribution in [0.25, 0.3) is 0 Å². The van der Waals surface area contributed by atoms with E-state index in [1.165, 1.54) is 12.1 Å². The van der Waals surface area contributed by atoms with Crippen LogP contribution in [-0.4, -0.2) is 23.4 Å². The lowest BCUT2D eigenvalue weighted by Gasteiger charge is -2.09. The maximum absolute atomic E-state index is 11.9. The molecule has 0 unspecified atom stereocenters. The fraction of sp³-hybridized carbons (Fsp3) is 0.417. The standard InChI is InChI=1S/C12H14ClN3O3/c1-2-14-11-9(13)5-7(6-10(11)16(18)19)12(17)15-8-3-4-8/h5-6,8,14H,2-4H2,1H3,(H,15,17). The van der Waals surface area contributed by atoms with Crippen molar-refractivity contribution in [2.45, 2.75) is 25.8 Å². The molecular weight excluding hydrogens is 270 g/mol. The molecule has 0 atom stereocenters. The van der Waals surface area contributed by atoms with Crippen molar-refractivity contribution in [3.05, 3.63) is 32.8 Å². The van der Waals surface area contributed by atoms with Gasteiger partial charge in [0.25, 0.3) is 11.6 Å². The van der Waals surface area contributed by atoms with Gasteiger partial charge in [-0.05, 0) is 25.8 Å². The van der Waals surface area contributed by atoms with E-state index in [9.17, 15) is 14.9 Å². The van der Waals surface area contributed by atoms with Crippen molar-refractivity contribution in [1.82, 2.24) is 5.32 Å². The van der Waals surface area contributed by atoms with E-state index in [4.69, 9.17) is 11.6 Å². The van der Waals surface area contributed by atoms with Gasteiger partial charge in [-0.15, -0.1) is 0 Å². The first-order chi connectivity index (χ1) is 9.02. The quantitative estimate of drug-likeness (QED) is 0.642. The van der Waals surface area contributed by atoms with Crippen LogP contribution in [0.5, 0.6) is 0 Å². The first kappa shape index (κ1) is 13.6. The Labute approximate surface area is 115 Å². The van der Waals surface area contributed by atoms with Crippen LogP contribution in [0.2, 0.25) is 5.02 Å². The van der Waals surface area contributed by atoms with Gasteiger partial charge in [0.2, 0.25) is 0 Å². The molecule has 1 fully saturated rings. The summed E-state index contributed by atoms with van der Waals surface area (Å²) in [6.07, 6.45) is 1.91. The summed E-state index contributed by atoms with van der Waals surface area (Å²) in [7, 11) is 0. The van der Waals surface area contributed by atoms with Crippen molar-refractivity contribution in [2.75, 3.05) is 11.9 Å². The average molecular weight is 284 g/mol. The Hall–Kier alpha value is -1.82. The third kappa shape index (κ3) is 3.14. The zero-order chi connectivity index (χ0) is 14.0. The molecule has 7 heteroatoms. The van der Waals surface area contributed by atoms with Crippen LogP contribution in [0, 0.1) is 10.1 Å². The highest BCUT2D eigenvalue weighted by Gasteiger charge is 2.26. The molecule has 2 N–H and O–H groups in total. The van der Waals surface area contributed by atoms with E-state index in [0.717, 1.165) is 12.8 Å². The summed E-state index contributed by atoms with van der Waals surface area (Å²) in [6.45, 7) is 2.32. The fourth-order valence-electron chi connectivity index (χ4n) is 1.72. The predicted molar refractivity (Wildman–Crippen MR) is 72.8 cm³/mol. The Morgan fingerprint density at radius 2 is 2.21 bits per heavy atom. The van der Waals surface area contributed by atoms with Gasteiger partial charge < -0.3 is 10.6 Å². The maximum atomic E-state index is 11.9. The summed E-state index contributed by atoms with van der Waals surface area (Å²) >= 11 is 6.01. The summed E-state index contributed by atoms with van der Waals surface area (Å²) in [6, 6.07) is 2.89. The molecule has 0 aromatic heterocycles. The van der Waals surface area contributed by atoms with Gasteiger partial charge in [0, 0.05) is 24.2 Å². The zero-order valence-electron chi connectivity index (χ0n) is 10.4. The molecule has 0 bridgehead atoms. The Bertz CT molecular complexity index is 529. The van der Waals surface area contributed by atoms with E-state index in [-0.39, 0.29) is 33.9 Å². The minimum absolute atomic E-state index is 0.178. The van der Waals surface area contributed by atoms with Crippen molar-refractivity contribution in [1.29, 1.82) is 0 Å². The minimum atomic E-state index is -0.544. The molecule has 1 aromatic carbocycles. The predicted octanol–water partition coefficient (Wildman–Crippen LogP) is 2.57. The van der Waals surface area contributed by atoms with Gasteiger partial charge in [0.1, 0.15) is 5.69 Å². The average Bonchev–Trinajstić information content (AvgIpc) is 3.15. The van der Waals surface area contributed by atoms with Crippen LogP contribution in [-0.2, 0) is 0 Å². The molecule has 0 aliphatic heterocycles. The smallest absolute Gasteiger partial charge is 0.294 e. The second kappa shape index (κ2) is 5.44. The number of rotatable bonds is 5. The molecule has 1 aliphatic carbocycles. The van der Waals surface area contributed by atoms with E-state index in [2.05, 4.69) is 10.6 Å². The number of nitro benzene ring substituents is 1. The molecule has 0 spiro atoms. The third-order valence-electron chi connectivity index (χ3n) is 2.79. The number of halogens is 1. The Balaban J connectivity index is 2.35. The summed E-state index contributed by atoms with van der Waals surface area (Å²) in [5.41, 5.74) is 0.276. The molecule has 0 radical (unpaired) electrons. The highest BCUT2D eigenvalue weighted by atomic mass is 35.5. The molecule has 6 nitrogen and oxygen atoms in total. The van der Waals surface area contributed by atoms with Crippen molar-refractivity contribution < 1.29 is 9.72 Å². The number of nitrogens with zero attached hydrogens (tertiary/aromatic N) is 1. The molecule has 19 heavy (non-hydrogen) atoms. The third-order valence-corrected chi connectivity index (χ3v) is 3.09. The van der Waals surface area contributed by atoms with E-state index in [1.807, 2.05) is 6.92 Å². The zero-order valence-corrected chi connectivity index (χ0v) is 11.2. The SMILES string of the molecule is CCNc1c(Cl)cc(C(=O)NC2CC2)cc1[N+](=O)[O-]. The van der Waals surface area contributed by atoms with E-state index >= 15 is 0 Å². The number of anilines is 1. The minimum Gasteiger partial charge on any atom is -0.379 e. The number of carbonyl (C=O) groups excluding carboxylic acids is 1. The molecule has 102 valence electrons. The van der Waals surface area contributed by atoms with Crippen molar-refractivity contribution >= 4 is 28.9 Å². The van der Waals surface area contributed by atoms with E-state index in [1.54, 1.807) is 0 Å². The number of amides is 1. The van der Waals surface area contributed by atoms with Gasteiger partial charge >= 0.3 is 0 Å². The Morgan fingerprint density at radius 3 is 2.74 bits per heavy atom. The molecular formula is C12H14ClN3O3. The summed E-state index contributed by atoms with van der Waals surface area (Å²) in [4.78, 5) is 22.4. The second-order valence-electron chi connectivity index (χ2n) is 4.39. The first-order valence-corrected chi connectivity index (χ1v) is 6.43. The molecule has 1 amide bonds. The summed E-state index contributed by atoms with van der Waals surface area (Å²) in [5.74, 6) is -0.324. The molecule has 0 saturated heterocycles. The van der Waals surface area contributed by atoms with Crippen LogP contribution >= 0.6 is 11.6 Å². The highest BCUT2D eigenvalue weighted by Crippen LogP contribution is 2.34.